The lowest BCUT2D eigenvalue weighted by Gasteiger charge is -2.34. The van der Waals surface area contributed by atoms with Crippen molar-refractivity contribution < 1.29 is 9.53 Å². The Kier molecular flexibility index (Phi) is 5.93. The minimum atomic E-state index is 0.153. The first-order chi connectivity index (χ1) is 12.1. The van der Waals surface area contributed by atoms with E-state index in [-0.39, 0.29) is 18.1 Å². The summed E-state index contributed by atoms with van der Waals surface area (Å²) in [6.45, 7) is 3.96. The maximum absolute atomic E-state index is 12.2. The van der Waals surface area contributed by atoms with Gasteiger partial charge in [-0.15, -0.1) is 0 Å². The van der Waals surface area contributed by atoms with Gasteiger partial charge < -0.3 is 15.0 Å². The van der Waals surface area contributed by atoms with Crippen LogP contribution in [0, 0.1) is 11.3 Å². The average molecular weight is 341 g/mol. The van der Waals surface area contributed by atoms with Gasteiger partial charge in [0.2, 0.25) is 5.91 Å². The molecule has 1 N–H and O–H groups in total. The van der Waals surface area contributed by atoms with Crippen LogP contribution in [0.5, 0.6) is 0 Å². The molecule has 2 atom stereocenters. The molecule has 2 heterocycles. The molecule has 134 valence electrons. The van der Waals surface area contributed by atoms with E-state index in [0.29, 0.717) is 18.1 Å². The van der Waals surface area contributed by atoms with Crippen LogP contribution in [-0.2, 0) is 9.53 Å². The van der Waals surface area contributed by atoms with E-state index < -0.39 is 0 Å². The van der Waals surface area contributed by atoms with Crippen molar-refractivity contribution in [2.24, 2.45) is 0 Å². The second-order valence-corrected chi connectivity index (χ2v) is 7.17. The molecule has 5 heteroatoms. The molecule has 1 aromatic rings. The summed E-state index contributed by atoms with van der Waals surface area (Å²) < 4.78 is 5.77. The Morgan fingerprint density at radius 1 is 1.24 bits per heavy atom. The molecule has 3 rings (SSSR count). The van der Waals surface area contributed by atoms with Crippen LogP contribution in [0.4, 0.5) is 5.69 Å². The lowest BCUT2D eigenvalue weighted by Crippen LogP contribution is -2.44. The van der Waals surface area contributed by atoms with Crippen LogP contribution < -0.4 is 10.2 Å². The molecule has 2 fully saturated rings. The van der Waals surface area contributed by atoms with Crippen LogP contribution in [0.25, 0.3) is 0 Å². The minimum absolute atomic E-state index is 0.153. The van der Waals surface area contributed by atoms with Gasteiger partial charge in [-0.2, -0.15) is 5.26 Å². The first-order valence-corrected chi connectivity index (χ1v) is 9.34. The van der Waals surface area contributed by atoms with E-state index in [2.05, 4.69) is 23.2 Å². The second kappa shape index (κ2) is 8.35. The Balaban J connectivity index is 1.38. The summed E-state index contributed by atoms with van der Waals surface area (Å²) >= 11 is 0. The average Bonchev–Trinajstić information content (AvgIpc) is 3.06. The van der Waals surface area contributed by atoms with Crippen LogP contribution in [0.2, 0.25) is 0 Å². The number of piperidine rings is 1. The van der Waals surface area contributed by atoms with Crippen LogP contribution in [0.1, 0.15) is 51.0 Å². The zero-order valence-corrected chi connectivity index (χ0v) is 14.9. The molecule has 2 aliphatic heterocycles. The van der Waals surface area contributed by atoms with Crippen molar-refractivity contribution in [2.45, 2.75) is 63.7 Å². The molecule has 0 unspecified atom stereocenters. The molecule has 0 aromatic heterocycles. The van der Waals surface area contributed by atoms with Crippen molar-refractivity contribution in [3.63, 3.8) is 0 Å². The lowest BCUT2D eigenvalue weighted by molar-refractivity contribution is -0.122. The van der Waals surface area contributed by atoms with Gasteiger partial charge in [-0.1, -0.05) is 0 Å². The van der Waals surface area contributed by atoms with Crippen LogP contribution >= 0.6 is 0 Å². The summed E-state index contributed by atoms with van der Waals surface area (Å²) in [5.74, 6) is 0.153. The first-order valence-electron chi connectivity index (χ1n) is 9.34. The summed E-state index contributed by atoms with van der Waals surface area (Å²) in [6, 6.07) is 10.1. The van der Waals surface area contributed by atoms with Gasteiger partial charge in [-0.25, -0.2) is 0 Å². The number of carbonyl (C=O) groups excluding carboxylic acids is 1. The molecule has 25 heavy (non-hydrogen) atoms. The van der Waals surface area contributed by atoms with Gasteiger partial charge >= 0.3 is 0 Å². The van der Waals surface area contributed by atoms with E-state index >= 15 is 0 Å². The third kappa shape index (κ3) is 4.96. The number of ether oxygens (including phenoxy) is 1. The Hall–Kier alpha value is -2.06. The highest BCUT2D eigenvalue weighted by molar-refractivity contribution is 5.76. The number of hydrogen-bond donors (Lipinski definition) is 1. The van der Waals surface area contributed by atoms with Gasteiger partial charge in [0, 0.05) is 31.2 Å². The molecule has 5 nitrogen and oxygen atoms in total. The maximum atomic E-state index is 12.2. The fraction of sp³-hybridized carbons (Fsp3) is 0.600. The van der Waals surface area contributed by atoms with Crippen molar-refractivity contribution in [1.82, 2.24) is 5.32 Å². The summed E-state index contributed by atoms with van der Waals surface area (Å²) in [6.07, 6.45) is 6.12. The molecule has 0 saturated carbocycles. The van der Waals surface area contributed by atoms with Gasteiger partial charge in [0.15, 0.2) is 0 Å². The predicted molar refractivity (Wildman–Crippen MR) is 97.3 cm³/mol. The summed E-state index contributed by atoms with van der Waals surface area (Å²) in [7, 11) is 0. The Morgan fingerprint density at radius 2 is 1.96 bits per heavy atom. The lowest BCUT2D eigenvalue weighted by atomic mass is 10.0. The topological polar surface area (TPSA) is 65.4 Å². The third-order valence-corrected chi connectivity index (χ3v) is 5.23. The predicted octanol–water partition coefficient (Wildman–Crippen LogP) is 2.99. The van der Waals surface area contributed by atoms with E-state index in [0.717, 1.165) is 50.9 Å². The number of rotatable bonds is 5. The highest BCUT2D eigenvalue weighted by atomic mass is 16.5. The highest BCUT2D eigenvalue weighted by Crippen LogP contribution is 2.23. The molecular formula is C20H27N3O2. The molecular weight excluding hydrogens is 314 g/mol. The van der Waals surface area contributed by atoms with Crippen LogP contribution in [-0.4, -0.2) is 37.2 Å². The SMILES string of the molecule is C[C@H]1CC[C@H](CCC(=O)NC2CCN(c3ccc(C#N)cc3)CC2)O1. The molecule has 2 aliphatic rings. The van der Waals surface area contributed by atoms with Crippen molar-refractivity contribution >= 4 is 11.6 Å². The Labute approximate surface area is 150 Å². The van der Waals surface area contributed by atoms with E-state index in [4.69, 9.17) is 10.00 Å². The normalized spacial score (nSPS) is 24.1. The minimum Gasteiger partial charge on any atom is -0.375 e. The zero-order valence-electron chi connectivity index (χ0n) is 14.9. The van der Waals surface area contributed by atoms with Crippen molar-refractivity contribution in [1.29, 1.82) is 5.26 Å². The quantitative estimate of drug-likeness (QED) is 0.894. The first kappa shape index (κ1) is 17.8. The molecule has 2 saturated heterocycles. The van der Waals surface area contributed by atoms with Gasteiger partial charge in [0.1, 0.15) is 0 Å². The number of benzene rings is 1. The Bertz CT molecular complexity index is 615. The van der Waals surface area contributed by atoms with Crippen LogP contribution in [0.3, 0.4) is 0 Å². The molecule has 0 spiro atoms. The summed E-state index contributed by atoms with van der Waals surface area (Å²) in [4.78, 5) is 14.5. The monoisotopic (exact) mass is 341 g/mol. The standard InChI is InChI=1S/C20H27N3O2/c1-15-2-7-19(25-15)8-9-20(24)22-17-10-12-23(13-11-17)18-5-3-16(14-21)4-6-18/h3-6,15,17,19H,2,7-13H2,1H3,(H,22,24)/t15-,19+/m0/s1. The molecule has 1 aromatic carbocycles. The van der Waals surface area contributed by atoms with Gasteiger partial charge in [-0.05, 0) is 63.3 Å². The number of amides is 1. The molecule has 1 amide bonds. The smallest absolute Gasteiger partial charge is 0.220 e. The van der Waals surface area contributed by atoms with E-state index in [1.165, 1.54) is 0 Å². The number of nitrogens with one attached hydrogen (secondary N) is 1. The van der Waals surface area contributed by atoms with Crippen LogP contribution in [0.15, 0.2) is 24.3 Å². The van der Waals surface area contributed by atoms with Gasteiger partial charge in [0.25, 0.3) is 0 Å². The number of hydrogen-bond acceptors (Lipinski definition) is 4. The van der Waals surface area contributed by atoms with Gasteiger partial charge in [0.05, 0.1) is 23.8 Å². The summed E-state index contributed by atoms with van der Waals surface area (Å²) in [5, 5.41) is 12.1. The number of anilines is 1. The van der Waals surface area contributed by atoms with E-state index in [9.17, 15) is 4.79 Å². The molecule has 0 bridgehead atoms. The Morgan fingerprint density at radius 3 is 2.56 bits per heavy atom. The van der Waals surface area contributed by atoms with Crippen molar-refractivity contribution in [2.75, 3.05) is 18.0 Å². The van der Waals surface area contributed by atoms with Crippen molar-refractivity contribution in [3.05, 3.63) is 29.8 Å². The zero-order chi connectivity index (χ0) is 17.6. The molecule has 0 radical (unpaired) electrons. The molecule has 0 aliphatic carbocycles. The van der Waals surface area contributed by atoms with Crippen molar-refractivity contribution in [3.8, 4) is 6.07 Å². The van der Waals surface area contributed by atoms with E-state index in [1.807, 2.05) is 24.3 Å². The number of nitriles is 1. The number of carbonyl (C=O) groups is 1. The number of nitrogens with zero attached hydrogens (tertiary/aromatic N) is 2. The van der Waals surface area contributed by atoms with E-state index in [1.54, 1.807) is 0 Å². The largest absolute Gasteiger partial charge is 0.375 e. The highest BCUT2D eigenvalue weighted by Gasteiger charge is 2.24. The second-order valence-electron chi connectivity index (χ2n) is 7.17. The third-order valence-electron chi connectivity index (χ3n) is 5.23. The summed E-state index contributed by atoms with van der Waals surface area (Å²) in [5.41, 5.74) is 1.84. The van der Waals surface area contributed by atoms with Gasteiger partial charge in [-0.3, -0.25) is 4.79 Å². The maximum Gasteiger partial charge on any atom is 0.220 e. The fourth-order valence-corrected chi connectivity index (χ4v) is 3.72. The fourth-order valence-electron chi connectivity index (χ4n) is 3.72.